The number of fused-ring (bicyclic) bond motifs is 3. The van der Waals surface area contributed by atoms with Crippen LogP contribution >= 0.6 is 0 Å². The Morgan fingerprint density at radius 1 is 0.654 bits per heavy atom. The molecule has 8 rings (SSSR count). The van der Waals surface area contributed by atoms with Gasteiger partial charge in [-0.05, 0) is 40.9 Å². The van der Waals surface area contributed by atoms with Crippen molar-refractivity contribution in [2.45, 2.75) is 43.9 Å². The first-order chi connectivity index (χ1) is 25.8. The molecule has 0 amide bonds. The molecule has 5 aromatic carbocycles. The summed E-state index contributed by atoms with van der Waals surface area (Å²) in [5.41, 5.74) is 10.9. The Bertz CT molecular complexity index is 2540. The van der Waals surface area contributed by atoms with E-state index in [1.807, 2.05) is 67.0 Å². The zero-order valence-corrected chi connectivity index (χ0v) is 34.5. The minimum Gasteiger partial charge on any atom is 0 e. The monoisotopic (exact) mass is 920 g/mol. The van der Waals surface area contributed by atoms with Crippen LogP contribution in [0.5, 0.6) is 0 Å². The van der Waals surface area contributed by atoms with Crippen molar-refractivity contribution in [1.29, 1.82) is 0 Å². The number of aromatic nitrogens is 2. The second-order valence-electron chi connectivity index (χ2n) is 14.2. The standard InChI is InChI=1S/C26H20NO.C21H22GeN.Ir/c1-17(2)19-12-13-27-24(16-19)21-9-11-26-23(15-21)22-14-20(8-10-25(22)28-26)18-6-4-3-5-7-18;1-16-10-11-18(14-20(16)17-8-6-5-7-9-17)21-13-12-19(15-23-21)22(2,3)4;/h3-8,10-17H,1-2H3;5-10,12-15H,1-4H3;/q2*-1;/i;1D3;. The van der Waals surface area contributed by atoms with Crippen LogP contribution in [-0.4, -0.2) is 23.2 Å². The van der Waals surface area contributed by atoms with Crippen molar-refractivity contribution in [2.75, 3.05) is 0 Å². The van der Waals surface area contributed by atoms with Gasteiger partial charge in [-0.1, -0.05) is 67.3 Å². The normalized spacial score (nSPS) is 12.4. The third kappa shape index (κ3) is 8.21. The van der Waals surface area contributed by atoms with E-state index in [2.05, 4.69) is 120 Å². The molecule has 0 aliphatic carbocycles. The Hall–Kier alpha value is -4.61. The fraction of sp³-hybridized carbons (Fsp3) is 0.149. The van der Waals surface area contributed by atoms with E-state index in [0.29, 0.717) is 17.0 Å². The van der Waals surface area contributed by atoms with Gasteiger partial charge in [0.15, 0.2) is 0 Å². The third-order valence-electron chi connectivity index (χ3n) is 9.18. The number of rotatable bonds is 6. The minimum absolute atomic E-state index is 0. The van der Waals surface area contributed by atoms with Crippen LogP contribution in [0.4, 0.5) is 0 Å². The van der Waals surface area contributed by atoms with E-state index in [0.717, 1.165) is 50.0 Å². The molecule has 3 aromatic heterocycles. The van der Waals surface area contributed by atoms with Crippen LogP contribution in [0.2, 0.25) is 17.3 Å². The van der Waals surface area contributed by atoms with Gasteiger partial charge in [0.25, 0.3) is 0 Å². The van der Waals surface area contributed by atoms with E-state index in [1.54, 1.807) is 6.07 Å². The van der Waals surface area contributed by atoms with Gasteiger partial charge in [0.05, 0.1) is 5.58 Å². The van der Waals surface area contributed by atoms with Crippen molar-refractivity contribution >= 4 is 39.6 Å². The van der Waals surface area contributed by atoms with Gasteiger partial charge in [-0.2, -0.15) is 0 Å². The summed E-state index contributed by atoms with van der Waals surface area (Å²) in [4.78, 5) is 9.18. The predicted molar refractivity (Wildman–Crippen MR) is 217 cm³/mol. The van der Waals surface area contributed by atoms with E-state index in [9.17, 15) is 0 Å². The van der Waals surface area contributed by atoms with Gasteiger partial charge in [0, 0.05) is 31.7 Å². The summed E-state index contributed by atoms with van der Waals surface area (Å²) in [7, 11) is 0. The van der Waals surface area contributed by atoms with Crippen LogP contribution in [0.3, 0.4) is 0 Å². The summed E-state index contributed by atoms with van der Waals surface area (Å²) in [6, 6.07) is 48.8. The molecule has 261 valence electrons. The van der Waals surface area contributed by atoms with Crippen molar-refractivity contribution in [2.24, 2.45) is 0 Å². The van der Waals surface area contributed by atoms with Crippen molar-refractivity contribution in [3.8, 4) is 44.8 Å². The van der Waals surface area contributed by atoms with Gasteiger partial charge in [-0.3, -0.25) is 0 Å². The molecule has 1 radical (unpaired) electrons. The first kappa shape index (κ1) is 33.2. The molecule has 0 fully saturated rings. The molecule has 3 heterocycles. The Morgan fingerprint density at radius 2 is 1.35 bits per heavy atom. The first-order valence-corrected chi connectivity index (χ1v) is 24.7. The molecule has 52 heavy (non-hydrogen) atoms. The number of nitrogens with zero attached hydrogens (tertiary/aromatic N) is 2. The maximum absolute atomic E-state index is 7.84. The summed E-state index contributed by atoms with van der Waals surface area (Å²) in [5, 5.41) is 2.21. The molecule has 0 bridgehead atoms. The van der Waals surface area contributed by atoms with Gasteiger partial charge in [-0.15, -0.1) is 23.8 Å². The van der Waals surface area contributed by atoms with Crippen LogP contribution in [0, 0.1) is 19.0 Å². The fourth-order valence-electron chi connectivity index (χ4n) is 6.13. The zero-order chi connectivity index (χ0) is 38.0. The van der Waals surface area contributed by atoms with Gasteiger partial charge in [0.1, 0.15) is 5.58 Å². The summed E-state index contributed by atoms with van der Waals surface area (Å²) >= 11 is -1.91. The van der Waals surface area contributed by atoms with Crippen molar-refractivity contribution < 1.29 is 28.6 Å². The molecule has 8 aromatic rings. The predicted octanol–water partition coefficient (Wildman–Crippen LogP) is 12.3. The molecule has 0 atom stereocenters. The van der Waals surface area contributed by atoms with E-state index in [4.69, 9.17) is 8.53 Å². The Labute approximate surface area is 328 Å². The average molecular weight is 919 g/mol. The Morgan fingerprint density at radius 3 is 2.02 bits per heavy atom. The van der Waals surface area contributed by atoms with Gasteiger partial charge >= 0.3 is 146 Å². The zero-order valence-electron chi connectivity index (χ0n) is 33.0. The first-order valence-electron chi connectivity index (χ1n) is 18.8. The van der Waals surface area contributed by atoms with E-state index in [-0.39, 0.29) is 20.1 Å². The van der Waals surface area contributed by atoms with Crippen LogP contribution in [0.25, 0.3) is 66.7 Å². The minimum atomic E-state index is -2.18. The quantitative estimate of drug-likeness (QED) is 0.123. The molecule has 5 heteroatoms. The maximum Gasteiger partial charge on any atom is 0 e. The van der Waals surface area contributed by atoms with Crippen LogP contribution in [-0.2, 0) is 20.1 Å². The number of hydrogen-bond acceptors (Lipinski definition) is 3. The molecule has 0 aliphatic rings. The molecule has 0 aliphatic heterocycles. The van der Waals surface area contributed by atoms with Gasteiger partial charge in [0.2, 0.25) is 0 Å². The van der Waals surface area contributed by atoms with Crippen molar-refractivity contribution in [1.82, 2.24) is 9.97 Å². The van der Waals surface area contributed by atoms with Gasteiger partial charge in [-0.25, -0.2) is 0 Å². The molecular weight excluding hydrogens is 873 g/mol. The maximum atomic E-state index is 7.84. The smallest absolute Gasteiger partial charge is 0 e. The third-order valence-corrected chi connectivity index (χ3v) is 13.4. The summed E-state index contributed by atoms with van der Waals surface area (Å²) < 4.78 is 30.9. The van der Waals surface area contributed by atoms with E-state index < -0.39 is 20.1 Å². The second-order valence-corrected chi connectivity index (χ2v) is 24.8. The second kappa shape index (κ2) is 16.0. The van der Waals surface area contributed by atoms with Gasteiger partial charge < -0.3 is 9.40 Å². The van der Waals surface area contributed by atoms with Crippen molar-refractivity contribution in [3.63, 3.8) is 0 Å². The van der Waals surface area contributed by atoms with Crippen LogP contribution < -0.4 is 4.40 Å². The molecule has 3 nitrogen and oxygen atoms in total. The fourth-order valence-corrected chi connectivity index (χ4v) is 8.30. The average Bonchev–Trinajstić information content (AvgIpc) is 3.55. The summed E-state index contributed by atoms with van der Waals surface area (Å²) in [6.07, 6.45) is 3.84. The number of furan rings is 1. The number of aryl methyl sites for hydroxylation is 1. The van der Waals surface area contributed by atoms with Crippen molar-refractivity contribution in [3.05, 3.63) is 163 Å². The topological polar surface area (TPSA) is 38.9 Å². The number of benzene rings is 5. The van der Waals surface area contributed by atoms with Crippen LogP contribution in [0.1, 0.15) is 35.0 Å². The molecule has 0 saturated heterocycles. The largest absolute Gasteiger partial charge is 0 e. The molecule has 0 saturated carbocycles. The van der Waals surface area contributed by atoms with Crippen LogP contribution in [0.15, 0.2) is 144 Å². The molecule has 0 spiro atoms. The van der Waals surface area contributed by atoms with E-state index in [1.165, 1.54) is 21.1 Å². The summed E-state index contributed by atoms with van der Waals surface area (Å²) in [5.74, 6) is 7.47. The Kier molecular flexibility index (Phi) is 10.2. The SMILES string of the molecule is CC(C)c1ccnc(-c2[c-]cc3oc4ccc(-c5ccccc5)cc4c3c2)c1.[2H]C([2H])([2H])c1c[c-]c(-c2cc[c]([Ge]([CH3])([CH3])[CH3])cn2)cc1-c1ccccc1.[Ir]. The Balaban J connectivity index is 0.000000184. The molecule has 0 N–H and O–H groups in total. The molecule has 0 unspecified atom stereocenters. The number of pyridine rings is 2. The number of hydrogen-bond donors (Lipinski definition) is 0. The molecular formula is C47H42GeIrN2O-2. The summed E-state index contributed by atoms with van der Waals surface area (Å²) in [6.45, 7) is 2.21. The van der Waals surface area contributed by atoms with E-state index >= 15 is 0 Å².